The monoisotopic (exact) mass is 370 g/mol. The number of rotatable bonds is 4. The van der Waals surface area contributed by atoms with Crippen LogP contribution in [-0.4, -0.2) is 34.0 Å². The van der Waals surface area contributed by atoms with Crippen LogP contribution in [0, 0.1) is 11.8 Å². The fraction of sp³-hybridized carbons (Fsp3) is 0.522. The number of allylic oxidation sites excluding steroid dienone is 2. The van der Waals surface area contributed by atoms with Gasteiger partial charge in [-0.3, -0.25) is 4.79 Å². The second kappa shape index (κ2) is 8.85. The molecule has 27 heavy (non-hydrogen) atoms. The van der Waals surface area contributed by atoms with Crippen LogP contribution in [0.15, 0.2) is 54.6 Å². The molecule has 2 aliphatic rings. The third-order valence-electron chi connectivity index (χ3n) is 5.58. The second-order valence-corrected chi connectivity index (χ2v) is 8.05. The van der Waals surface area contributed by atoms with E-state index in [0.717, 1.165) is 24.8 Å². The molecular weight excluding hydrogens is 340 g/mol. The lowest BCUT2D eigenvalue weighted by atomic mass is 9.87. The van der Waals surface area contributed by atoms with Crippen LogP contribution in [0.25, 0.3) is 0 Å². The van der Waals surface area contributed by atoms with Gasteiger partial charge in [-0.1, -0.05) is 54.6 Å². The van der Waals surface area contributed by atoms with Crippen molar-refractivity contribution in [1.29, 1.82) is 0 Å². The molecule has 0 radical (unpaired) electrons. The van der Waals surface area contributed by atoms with E-state index in [1.165, 1.54) is 0 Å². The largest absolute Gasteiger partial charge is 0.462 e. The minimum absolute atomic E-state index is 0.0436. The van der Waals surface area contributed by atoms with Crippen LogP contribution in [0.4, 0.5) is 0 Å². The summed E-state index contributed by atoms with van der Waals surface area (Å²) in [5.74, 6) is -0.260. The summed E-state index contributed by atoms with van der Waals surface area (Å²) in [5, 5.41) is 21.3. The first-order chi connectivity index (χ1) is 12.9. The van der Waals surface area contributed by atoms with Crippen LogP contribution in [0.3, 0.4) is 0 Å². The number of aliphatic hydroxyl groups is 2. The topological polar surface area (TPSA) is 66.8 Å². The minimum atomic E-state index is -0.998. The molecule has 0 spiro atoms. The van der Waals surface area contributed by atoms with E-state index >= 15 is 0 Å². The Balaban J connectivity index is 1.72. The lowest BCUT2D eigenvalue weighted by Gasteiger charge is -2.25. The van der Waals surface area contributed by atoms with Crippen molar-refractivity contribution in [3.63, 3.8) is 0 Å². The summed E-state index contributed by atoms with van der Waals surface area (Å²) in [6, 6.07) is 9.86. The molecule has 1 aromatic rings. The minimum Gasteiger partial charge on any atom is -0.462 e. The Morgan fingerprint density at radius 1 is 1.26 bits per heavy atom. The van der Waals surface area contributed by atoms with Crippen molar-refractivity contribution < 1.29 is 19.7 Å². The molecule has 4 heteroatoms. The van der Waals surface area contributed by atoms with Gasteiger partial charge in [0.05, 0.1) is 11.7 Å². The Labute approximate surface area is 161 Å². The molecule has 0 aromatic heterocycles. The van der Waals surface area contributed by atoms with E-state index in [9.17, 15) is 15.0 Å². The quantitative estimate of drug-likeness (QED) is 0.628. The summed E-state index contributed by atoms with van der Waals surface area (Å²) in [4.78, 5) is 12.0. The van der Waals surface area contributed by atoms with Crippen molar-refractivity contribution in [2.24, 2.45) is 11.8 Å². The third-order valence-corrected chi connectivity index (χ3v) is 5.58. The normalized spacial score (nSPS) is 32.5. The van der Waals surface area contributed by atoms with Crippen molar-refractivity contribution in [3.05, 3.63) is 60.2 Å². The van der Waals surface area contributed by atoms with Crippen LogP contribution in [0.1, 0.15) is 44.6 Å². The van der Waals surface area contributed by atoms with Gasteiger partial charge in [-0.15, -0.1) is 0 Å². The molecule has 3 rings (SSSR count). The van der Waals surface area contributed by atoms with Gasteiger partial charge in [0.15, 0.2) is 0 Å². The van der Waals surface area contributed by atoms with Gasteiger partial charge < -0.3 is 14.9 Å². The first kappa shape index (κ1) is 19.8. The molecule has 1 fully saturated rings. The molecule has 1 heterocycles. The van der Waals surface area contributed by atoms with Gasteiger partial charge in [-0.2, -0.15) is 0 Å². The van der Waals surface area contributed by atoms with Gasteiger partial charge in [0, 0.05) is 31.1 Å². The van der Waals surface area contributed by atoms with E-state index in [2.05, 4.69) is 12.2 Å². The maximum absolute atomic E-state index is 12.0. The molecule has 0 bridgehead atoms. The number of fused-ring (bicyclic) bond motifs is 1. The van der Waals surface area contributed by atoms with Crippen molar-refractivity contribution in [2.75, 3.05) is 0 Å². The summed E-state index contributed by atoms with van der Waals surface area (Å²) in [5.41, 5.74) is 0.0642. The molecule has 4 nitrogen and oxygen atoms in total. The predicted molar refractivity (Wildman–Crippen MR) is 105 cm³/mol. The fourth-order valence-electron chi connectivity index (χ4n) is 4.17. The molecule has 1 saturated carbocycles. The summed E-state index contributed by atoms with van der Waals surface area (Å²) < 4.78 is 5.65. The molecule has 0 amide bonds. The van der Waals surface area contributed by atoms with Gasteiger partial charge in [-0.25, -0.2) is 0 Å². The van der Waals surface area contributed by atoms with E-state index in [4.69, 9.17) is 4.74 Å². The number of benzene rings is 1. The number of hydrogen-bond donors (Lipinski definition) is 2. The zero-order chi connectivity index (χ0) is 19.3. The lowest BCUT2D eigenvalue weighted by Crippen LogP contribution is -2.27. The van der Waals surface area contributed by atoms with Crippen molar-refractivity contribution in [3.8, 4) is 0 Å². The Morgan fingerprint density at radius 2 is 2.04 bits per heavy atom. The summed E-state index contributed by atoms with van der Waals surface area (Å²) in [7, 11) is 0. The number of carbonyl (C=O) groups excluding carboxylic acids is 1. The Bertz CT molecular complexity index is 677. The smallest absolute Gasteiger partial charge is 0.306 e. The number of aliphatic hydroxyl groups excluding tert-OH is 1. The van der Waals surface area contributed by atoms with E-state index in [-0.39, 0.29) is 23.9 Å². The highest BCUT2D eigenvalue weighted by atomic mass is 16.5. The maximum Gasteiger partial charge on any atom is 0.306 e. The van der Waals surface area contributed by atoms with Crippen LogP contribution >= 0.6 is 0 Å². The first-order valence-corrected chi connectivity index (χ1v) is 9.93. The van der Waals surface area contributed by atoms with Gasteiger partial charge in [0.1, 0.15) is 6.10 Å². The van der Waals surface area contributed by atoms with E-state index in [1.54, 1.807) is 13.0 Å². The molecule has 0 saturated heterocycles. The van der Waals surface area contributed by atoms with E-state index < -0.39 is 11.7 Å². The van der Waals surface area contributed by atoms with Gasteiger partial charge in [0.2, 0.25) is 0 Å². The Hall–Kier alpha value is -1.91. The van der Waals surface area contributed by atoms with Crippen LogP contribution in [0.2, 0.25) is 0 Å². The highest BCUT2D eigenvalue weighted by Gasteiger charge is 2.43. The first-order valence-electron chi connectivity index (χ1n) is 9.93. The predicted octanol–water partition coefficient (Wildman–Crippen LogP) is 3.58. The highest BCUT2D eigenvalue weighted by Crippen LogP contribution is 2.39. The Morgan fingerprint density at radius 3 is 2.81 bits per heavy atom. The second-order valence-electron chi connectivity index (χ2n) is 8.05. The molecule has 1 aliphatic heterocycles. The molecule has 146 valence electrons. The van der Waals surface area contributed by atoms with Gasteiger partial charge in [0.25, 0.3) is 0 Å². The van der Waals surface area contributed by atoms with Gasteiger partial charge in [-0.05, 0) is 31.7 Å². The summed E-state index contributed by atoms with van der Waals surface area (Å²) in [6.07, 6.45) is 11.0. The summed E-state index contributed by atoms with van der Waals surface area (Å²) in [6.45, 7) is 1.78. The number of ether oxygens (including phenoxy) is 1. The third kappa shape index (κ3) is 5.53. The van der Waals surface area contributed by atoms with Crippen molar-refractivity contribution in [1.82, 2.24) is 0 Å². The maximum atomic E-state index is 12.0. The zero-order valence-corrected chi connectivity index (χ0v) is 16.0. The lowest BCUT2D eigenvalue weighted by molar-refractivity contribution is -0.151. The van der Waals surface area contributed by atoms with Crippen LogP contribution in [0.5, 0.6) is 0 Å². The average molecular weight is 370 g/mol. The molecule has 2 N–H and O–H groups in total. The van der Waals surface area contributed by atoms with Crippen LogP contribution in [-0.2, 0) is 16.0 Å². The SMILES string of the molecule is CC(O)(/C=C/C1C(O)CC2OC(=O)CCC/C=C\CC21)Cc1ccccc1. The fourth-order valence-corrected chi connectivity index (χ4v) is 4.17. The van der Waals surface area contributed by atoms with Crippen molar-refractivity contribution >= 4 is 5.97 Å². The summed E-state index contributed by atoms with van der Waals surface area (Å²) >= 11 is 0. The van der Waals surface area contributed by atoms with Crippen LogP contribution < -0.4 is 0 Å². The highest BCUT2D eigenvalue weighted by molar-refractivity contribution is 5.69. The molecule has 1 aliphatic carbocycles. The van der Waals surface area contributed by atoms with E-state index in [1.807, 2.05) is 36.4 Å². The number of carbonyl (C=O) groups is 1. The molecular formula is C23H30O4. The number of hydrogen-bond acceptors (Lipinski definition) is 4. The standard InChI is InChI=1S/C23H30O4/c1-23(26,16-17-9-5-4-6-10-17)14-13-18-19-11-7-2-3-8-12-22(25)27-21(19)15-20(18)24/h2,4-7,9-10,13-14,18-21,24,26H,3,8,11-12,15-16H2,1H3/b7-2-,14-13+. The van der Waals surface area contributed by atoms with Gasteiger partial charge >= 0.3 is 5.97 Å². The molecule has 5 unspecified atom stereocenters. The zero-order valence-electron chi connectivity index (χ0n) is 16.0. The number of esters is 1. The van der Waals surface area contributed by atoms with E-state index in [0.29, 0.717) is 19.3 Å². The van der Waals surface area contributed by atoms with Crippen molar-refractivity contribution in [2.45, 2.75) is 63.3 Å². The average Bonchev–Trinajstić information content (AvgIpc) is 2.91. The Kier molecular flexibility index (Phi) is 6.51. The molecule has 5 atom stereocenters. The molecule has 1 aromatic carbocycles.